The summed E-state index contributed by atoms with van der Waals surface area (Å²) in [5.41, 5.74) is 2.32. The van der Waals surface area contributed by atoms with Crippen molar-refractivity contribution in [2.75, 3.05) is 0 Å². The zero-order valence-corrected chi connectivity index (χ0v) is 14.3. The Kier molecular flexibility index (Phi) is 5.37. The highest BCUT2D eigenvalue weighted by Crippen LogP contribution is 2.26. The molecule has 0 saturated carbocycles. The van der Waals surface area contributed by atoms with Crippen LogP contribution in [-0.2, 0) is 6.54 Å². The predicted octanol–water partition coefficient (Wildman–Crippen LogP) is 4.40. The average molecular weight is 304 g/mol. The number of nitrogens with zero attached hydrogens (tertiary/aromatic N) is 1. The minimum Gasteiger partial charge on any atom is -0.491 e. The van der Waals surface area contributed by atoms with E-state index in [1.165, 1.54) is 10.4 Å². The molecule has 1 aromatic heterocycles. The van der Waals surface area contributed by atoms with Gasteiger partial charge in [-0.1, -0.05) is 18.2 Å². The standard InChI is InChI=1S/C17H24N2OS/c1-11(2)20-16-9-7-6-8-15(16)10-18-12(3)17-13(4)19-14(5)21-17/h6-9,11-12,18H,10H2,1-5H3. The van der Waals surface area contributed by atoms with Gasteiger partial charge in [-0.25, -0.2) is 4.98 Å². The first-order chi connectivity index (χ1) is 9.97. The van der Waals surface area contributed by atoms with Crippen molar-refractivity contribution in [2.45, 2.75) is 53.3 Å². The van der Waals surface area contributed by atoms with Gasteiger partial charge >= 0.3 is 0 Å². The number of rotatable bonds is 6. The van der Waals surface area contributed by atoms with Crippen LogP contribution in [0.1, 0.15) is 48.0 Å². The van der Waals surface area contributed by atoms with Crippen LogP contribution in [0, 0.1) is 13.8 Å². The molecule has 3 nitrogen and oxygen atoms in total. The van der Waals surface area contributed by atoms with Crippen molar-refractivity contribution in [3.05, 3.63) is 45.4 Å². The van der Waals surface area contributed by atoms with E-state index in [2.05, 4.69) is 57.1 Å². The van der Waals surface area contributed by atoms with Crippen molar-refractivity contribution < 1.29 is 4.74 Å². The molecule has 4 heteroatoms. The highest BCUT2D eigenvalue weighted by Gasteiger charge is 2.13. The van der Waals surface area contributed by atoms with Crippen molar-refractivity contribution in [3.8, 4) is 5.75 Å². The van der Waals surface area contributed by atoms with E-state index in [1.807, 2.05) is 12.1 Å². The highest BCUT2D eigenvalue weighted by atomic mass is 32.1. The van der Waals surface area contributed by atoms with Crippen LogP contribution in [0.4, 0.5) is 0 Å². The van der Waals surface area contributed by atoms with Crippen LogP contribution < -0.4 is 10.1 Å². The third-order valence-electron chi connectivity index (χ3n) is 3.27. The summed E-state index contributed by atoms with van der Waals surface area (Å²) < 4.78 is 5.86. The molecule has 1 unspecified atom stereocenters. The summed E-state index contributed by atoms with van der Waals surface area (Å²) in [6.45, 7) is 11.2. The molecule has 1 heterocycles. The van der Waals surface area contributed by atoms with E-state index < -0.39 is 0 Å². The summed E-state index contributed by atoms with van der Waals surface area (Å²) in [4.78, 5) is 5.81. The quantitative estimate of drug-likeness (QED) is 0.859. The molecule has 0 fully saturated rings. The maximum Gasteiger partial charge on any atom is 0.124 e. The molecule has 21 heavy (non-hydrogen) atoms. The molecule has 2 rings (SSSR count). The van der Waals surface area contributed by atoms with Crippen LogP contribution in [-0.4, -0.2) is 11.1 Å². The Labute approximate surface area is 131 Å². The third-order valence-corrected chi connectivity index (χ3v) is 4.52. The van der Waals surface area contributed by atoms with Gasteiger partial charge < -0.3 is 10.1 Å². The largest absolute Gasteiger partial charge is 0.491 e. The summed E-state index contributed by atoms with van der Waals surface area (Å²) in [5.74, 6) is 0.962. The Bertz CT molecular complexity index is 592. The molecule has 1 N–H and O–H groups in total. The van der Waals surface area contributed by atoms with Gasteiger partial charge in [0.1, 0.15) is 5.75 Å². The molecule has 0 aliphatic rings. The molecule has 0 bridgehead atoms. The molecule has 0 spiro atoms. The van der Waals surface area contributed by atoms with E-state index in [-0.39, 0.29) is 6.10 Å². The van der Waals surface area contributed by atoms with Crippen molar-refractivity contribution in [2.24, 2.45) is 0 Å². The van der Waals surface area contributed by atoms with Crippen LogP contribution in [0.5, 0.6) is 5.75 Å². The molecule has 0 radical (unpaired) electrons. The summed E-state index contributed by atoms with van der Waals surface area (Å²) in [6.07, 6.45) is 0.190. The van der Waals surface area contributed by atoms with E-state index in [0.29, 0.717) is 6.04 Å². The monoisotopic (exact) mass is 304 g/mol. The lowest BCUT2D eigenvalue weighted by Gasteiger charge is -2.17. The molecular weight excluding hydrogens is 280 g/mol. The van der Waals surface area contributed by atoms with Crippen molar-refractivity contribution in [3.63, 3.8) is 0 Å². The molecule has 0 saturated heterocycles. The Morgan fingerprint density at radius 3 is 2.52 bits per heavy atom. The van der Waals surface area contributed by atoms with Crippen LogP contribution in [0.2, 0.25) is 0 Å². The number of aryl methyl sites for hydroxylation is 2. The van der Waals surface area contributed by atoms with Gasteiger partial charge in [0.2, 0.25) is 0 Å². The maximum absolute atomic E-state index is 5.86. The molecular formula is C17H24N2OS. The van der Waals surface area contributed by atoms with Gasteiger partial charge in [0.05, 0.1) is 16.8 Å². The van der Waals surface area contributed by atoms with Gasteiger partial charge in [0, 0.05) is 23.0 Å². The molecule has 0 amide bonds. The minimum absolute atomic E-state index is 0.190. The number of hydrogen-bond donors (Lipinski definition) is 1. The molecule has 2 aromatic rings. The SMILES string of the molecule is Cc1nc(C)c(C(C)NCc2ccccc2OC(C)C)s1. The van der Waals surface area contributed by atoms with Crippen molar-refractivity contribution in [1.82, 2.24) is 10.3 Å². The fourth-order valence-electron chi connectivity index (χ4n) is 2.32. The van der Waals surface area contributed by atoms with E-state index in [4.69, 9.17) is 4.74 Å². The lowest BCUT2D eigenvalue weighted by molar-refractivity contribution is 0.239. The lowest BCUT2D eigenvalue weighted by Crippen LogP contribution is -2.19. The average Bonchev–Trinajstić information content (AvgIpc) is 2.76. The lowest BCUT2D eigenvalue weighted by atomic mass is 10.1. The second kappa shape index (κ2) is 7.05. The summed E-state index contributed by atoms with van der Waals surface area (Å²) in [7, 11) is 0. The Balaban J connectivity index is 2.04. The van der Waals surface area contributed by atoms with Gasteiger partial charge in [0.15, 0.2) is 0 Å². The number of ether oxygens (including phenoxy) is 1. The Hall–Kier alpha value is -1.39. The zero-order valence-electron chi connectivity index (χ0n) is 13.4. The summed E-state index contributed by atoms with van der Waals surface area (Å²) >= 11 is 1.77. The van der Waals surface area contributed by atoms with Gasteiger partial charge in [-0.3, -0.25) is 0 Å². The highest BCUT2D eigenvalue weighted by molar-refractivity contribution is 7.11. The number of benzene rings is 1. The van der Waals surface area contributed by atoms with E-state index in [1.54, 1.807) is 11.3 Å². The topological polar surface area (TPSA) is 34.2 Å². The third kappa shape index (κ3) is 4.29. The summed E-state index contributed by atoms with van der Waals surface area (Å²) in [5, 5.41) is 4.70. The Morgan fingerprint density at radius 1 is 1.19 bits per heavy atom. The fourth-order valence-corrected chi connectivity index (χ4v) is 3.28. The van der Waals surface area contributed by atoms with Crippen LogP contribution in [0.3, 0.4) is 0 Å². The van der Waals surface area contributed by atoms with Gasteiger partial charge in [-0.15, -0.1) is 11.3 Å². The van der Waals surface area contributed by atoms with E-state index in [9.17, 15) is 0 Å². The smallest absolute Gasteiger partial charge is 0.124 e. The number of thiazole rings is 1. The van der Waals surface area contributed by atoms with Gasteiger partial charge in [-0.2, -0.15) is 0 Å². The normalized spacial score (nSPS) is 12.7. The van der Waals surface area contributed by atoms with Gasteiger partial charge in [0.25, 0.3) is 0 Å². The zero-order chi connectivity index (χ0) is 15.4. The molecule has 1 aromatic carbocycles. The predicted molar refractivity (Wildman–Crippen MR) is 89.0 cm³/mol. The first-order valence-electron chi connectivity index (χ1n) is 7.39. The minimum atomic E-state index is 0.190. The second-order valence-corrected chi connectivity index (χ2v) is 6.79. The van der Waals surface area contributed by atoms with Crippen molar-refractivity contribution >= 4 is 11.3 Å². The number of para-hydroxylation sites is 1. The summed E-state index contributed by atoms with van der Waals surface area (Å²) in [6, 6.07) is 8.51. The number of aromatic nitrogens is 1. The van der Waals surface area contributed by atoms with E-state index in [0.717, 1.165) is 23.0 Å². The molecule has 1 atom stereocenters. The maximum atomic E-state index is 5.86. The van der Waals surface area contributed by atoms with Crippen LogP contribution >= 0.6 is 11.3 Å². The first kappa shape index (κ1) is 16.0. The van der Waals surface area contributed by atoms with Crippen molar-refractivity contribution in [1.29, 1.82) is 0 Å². The Morgan fingerprint density at radius 2 is 1.90 bits per heavy atom. The molecule has 0 aliphatic heterocycles. The fraction of sp³-hybridized carbons (Fsp3) is 0.471. The molecule has 114 valence electrons. The second-order valence-electron chi connectivity index (χ2n) is 5.56. The van der Waals surface area contributed by atoms with E-state index >= 15 is 0 Å². The number of hydrogen-bond acceptors (Lipinski definition) is 4. The van der Waals surface area contributed by atoms with Gasteiger partial charge in [-0.05, 0) is 40.7 Å². The molecule has 0 aliphatic carbocycles. The van der Waals surface area contributed by atoms with Crippen LogP contribution in [0.25, 0.3) is 0 Å². The van der Waals surface area contributed by atoms with Crippen LogP contribution in [0.15, 0.2) is 24.3 Å². The first-order valence-corrected chi connectivity index (χ1v) is 8.21. The number of nitrogens with one attached hydrogen (secondary N) is 1.